The molecule has 1 aliphatic rings. The maximum absolute atomic E-state index is 11.9. The van der Waals surface area contributed by atoms with E-state index in [0.717, 1.165) is 31.2 Å². The minimum atomic E-state index is 0.261. The molecule has 0 unspecified atom stereocenters. The van der Waals surface area contributed by atoms with Crippen LogP contribution in [0, 0.1) is 5.92 Å². The Morgan fingerprint density at radius 1 is 1.53 bits per heavy atom. The minimum Gasteiger partial charge on any atom is -0.346 e. The monoisotopic (exact) mass is 259 g/mol. The standard InChI is InChI=1S/C14H17N3O2/c1-2-3-13-15-12(16-19-13)9-17-7-6-11(8-17)14(18)10-4-5-10/h6-8,10H,2-5,9H2,1H3. The molecule has 1 saturated carbocycles. The first-order valence-electron chi connectivity index (χ1n) is 6.77. The third kappa shape index (κ3) is 2.75. The van der Waals surface area contributed by atoms with Crippen LogP contribution in [0.25, 0.3) is 0 Å². The average molecular weight is 259 g/mol. The number of rotatable bonds is 6. The lowest BCUT2D eigenvalue weighted by molar-refractivity contribution is 0.0967. The SMILES string of the molecule is CCCc1nc(Cn2ccc(C(=O)C3CC3)c2)no1. The number of hydrogen-bond acceptors (Lipinski definition) is 4. The van der Waals surface area contributed by atoms with Crippen LogP contribution in [0.5, 0.6) is 0 Å². The number of hydrogen-bond donors (Lipinski definition) is 0. The fourth-order valence-electron chi connectivity index (χ4n) is 2.10. The fourth-order valence-corrected chi connectivity index (χ4v) is 2.10. The van der Waals surface area contributed by atoms with Gasteiger partial charge >= 0.3 is 0 Å². The maximum atomic E-state index is 11.9. The maximum Gasteiger partial charge on any atom is 0.226 e. The first kappa shape index (κ1) is 12.1. The van der Waals surface area contributed by atoms with Gasteiger partial charge in [-0.25, -0.2) is 0 Å². The molecule has 0 spiro atoms. The molecule has 19 heavy (non-hydrogen) atoms. The van der Waals surface area contributed by atoms with Gasteiger partial charge in [-0.3, -0.25) is 4.79 Å². The van der Waals surface area contributed by atoms with Crippen LogP contribution in [-0.4, -0.2) is 20.5 Å². The number of carbonyl (C=O) groups is 1. The molecular formula is C14H17N3O2. The van der Waals surface area contributed by atoms with Crippen LogP contribution in [0.3, 0.4) is 0 Å². The average Bonchev–Trinajstić information content (AvgIpc) is 3.00. The number of carbonyl (C=O) groups excluding carboxylic acids is 1. The van der Waals surface area contributed by atoms with Gasteiger partial charge in [-0.2, -0.15) is 4.98 Å². The van der Waals surface area contributed by atoms with Crippen molar-refractivity contribution >= 4 is 5.78 Å². The van der Waals surface area contributed by atoms with E-state index in [1.165, 1.54) is 0 Å². The Labute approximate surface area is 111 Å². The van der Waals surface area contributed by atoms with Gasteiger partial charge in [0.05, 0.1) is 6.54 Å². The molecule has 0 bridgehead atoms. The van der Waals surface area contributed by atoms with Crippen LogP contribution in [0.15, 0.2) is 23.0 Å². The third-order valence-electron chi connectivity index (χ3n) is 3.28. The highest BCUT2D eigenvalue weighted by molar-refractivity contribution is 5.99. The van der Waals surface area contributed by atoms with Crippen LogP contribution >= 0.6 is 0 Å². The zero-order chi connectivity index (χ0) is 13.2. The van der Waals surface area contributed by atoms with Crippen molar-refractivity contribution in [2.75, 3.05) is 0 Å². The normalized spacial score (nSPS) is 14.8. The first-order chi connectivity index (χ1) is 9.26. The van der Waals surface area contributed by atoms with Gasteiger partial charge in [0.15, 0.2) is 11.6 Å². The number of ketones is 1. The summed E-state index contributed by atoms with van der Waals surface area (Å²) in [6.45, 7) is 2.62. The first-order valence-corrected chi connectivity index (χ1v) is 6.77. The zero-order valence-corrected chi connectivity index (χ0v) is 11.0. The lowest BCUT2D eigenvalue weighted by Gasteiger charge is -1.96. The van der Waals surface area contributed by atoms with Crippen molar-refractivity contribution in [3.63, 3.8) is 0 Å². The van der Waals surface area contributed by atoms with E-state index in [2.05, 4.69) is 17.1 Å². The van der Waals surface area contributed by atoms with Crippen molar-refractivity contribution < 1.29 is 9.32 Å². The molecule has 1 aliphatic carbocycles. The summed E-state index contributed by atoms with van der Waals surface area (Å²) >= 11 is 0. The largest absolute Gasteiger partial charge is 0.346 e. The Kier molecular flexibility index (Phi) is 3.19. The summed E-state index contributed by atoms with van der Waals surface area (Å²) in [4.78, 5) is 16.2. The van der Waals surface area contributed by atoms with E-state index in [4.69, 9.17) is 4.52 Å². The second-order valence-electron chi connectivity index (χ2n) is 5.07. The van der Waals surface area contributed by atoms with Crippen molar-refractivity contribution in [2.24, 2.45) is 5.92 Å². The summed E-state index contributed by atoms with van der Waals surface area (Å²) in [6, 6.07) is 1.87. The highest BCUT2D eigenvalue weighted by atomic mass is 16.5. The number of nitrogens with zero attached hydrogens (tertiary/aromatic N) is 3. The van der Waals surface area contributed by atoms with Crippen LogP contribution in [0.2, 0.25) is 0 Å². The Balaban J connectivity index is 1.67. The molecule has 2 heterocycles. The van der Waals surface area contributed by atoms with E-state index in [9.17, 15) is 4.79 Å². The second kappa shape index (κ2) is 4.99. The van der Waals surface area contributed by atoms with Crippen molar-refractivity contribution in [3.05, 3.63) is 35.7 Å². The molecule has 0 aromatic carbocycles. The highest BCUT2D eigenvalue weighted by Gasteiger charge is 2.30. The van der Waals surface area contributed by atoms with Crippen molar-refractivity contribution in [2.45, 2.75) is 39.2 Å². The van der Waals surface area contributed by atoms with E-state index >= 15 is 0 Å². The Hall–Kier alpha value is -1.91. The fraction of sp³-hybridized carbons (Fsp3) is 0.500. The molecule has 1 fully saturated rings. The number of aromatic nitrogens is 3. The molecule has 5 nitrogen and oxygen atoms in total. The van der Waals surface area contributed by atoms with Gasteiger partial charge in [0.25, 0.3) is 0 Å². The van der Waals surface area contributed by atoms with Gasteiger partial charge in [-0.05, 0) is 25.3 Å². The number of aryl methyl sites for hydroxylation is 1. The van der Waals surface area contributed by atoms with Crippen LogP contribution < -0.4 is 0 Å². The Morgan fingerprint density at radius 3 is 3.11 bits per heavy atom. The Morgan fingerprint density at radius 2 is 2.37 bits per heavy atom. The molecule has 5 heteroatoms. The summed E-state index contributed by atoms with van der Waals surface area (Å²) in [6.07, 6.45) is 7.64. The van der Waals surface area contributed by atoms with Gasteiger partial charge in [0.1, 0.15) is 0 Å². The third-order valence-corrected chi connectivity index (χ3v) is 3.28. The predicted octanol–water partition coefficient (Wildman–Crippen LogP) is 2.46. The zero-order valence-electron chi connectivity index (χ0n) is 11.0. The molecule has 3 rings (SSSR count). The van der Waals surface area contributed by atoms with Crippen molar-refractivity contribution in [1.82, 2.24) is 14.7 Å². The van der Waals surface area contributed by atoms with Crippen molar-refractivity contribution in [1.29, 1.82) is 0 Å². The summed E-state index contributed by atoms with van der Waals surface area (Å²) in [7, 11) is 0. The number of Topliss-reactive ketones (excluding diaryl/α,β-unsaturated/α-hetero) is 1. The molecular weight excluding hydrogens is 242 g/mol. The van der Waals surface area contributed by atoms with Crippen LogP contribution in [-0.2, 0) is 13.0 Å². The van der Waals surface area contributed by atoms with Gasteiger partial charge in [0, 0.05) is 30.3 Å². The predicted molar refractivity (Wildman–Crippen MR) is 68.9 cm³/mol. The molecule has 2 aromatic heterocycles. The van der Waals surface area contributed by atoms with Crippen LogP contribution in [0.1, 0.15) is 48.3 Å². The van der Waals surface area contributed by atoms with E-state index in [0.29, 0.717) is 18.3 Å². The lowest BCUT2D eigenvalue weighted by Crippen LogP contribution is -2.01. The summed E-state index contributed by atoms with van der Waals surface area (Å²) < 4.78 is 7.07. The highest BCUT2D eigenvalue weighted by Crippen LogP contribution is 2.32. The summed E-state index contributed by atoms with van der Waals surface area (Å²) in [5.41, 5.74) is 0.791. The van der Waals surface area contributed by atoms with E-state index in [1.807, 2.05) is 23.0 Å². The van der Waals surface area contributed by atoms with Crippen molar-refractivity contribution in [3.8, 4) is 0 Å². The lowest BCUT2D eigenvalue weighted by atomic mass is 10.1. The topological polar surface area (TPSA) is 60.9 Å². The minimum absolute atomic E-state index is 0.261. The quantitative estimate of drug-likeness (QED) is 0.748. The molecule has 0 amide bonds. The summed E-state index contributed by atoms with van der Waals surface area (Å²) in [5.74, 6) is 1.86. The van der Waals surface area contributed by atoms with E-state index in [-0.39, 0.29) is 11.7 Å². The smallest absolute Gasteiger partial charge is 0.226 e. The molecule has 0 atom stereocenters. The van der Waals surface area contributed by atoms with Gasteiger partial charge in [-0.15, -0.1) is 0 Å². The van der Waals surface area contributed by atoms with Gasteiger partial charge in [0.2, 0.25) is 5.89 Å². The Bertz CT molecular complexity index is 581. The molecule has 0 N–H and O–H groups in total. The molecule has 100 valence electrons. The van der Waals surface area contributed by atoms with E-state index in [1.54, 1.807) is 0 Å². The molecule has 0 aliphatic heterocycles. The van der Waals surface area contributed by atoms with Gasteiger partial charge < -0.3 is 9.09 Å². The summed E-state index contributed by atoms with van der Waals surface area (Å²) in [5, 5.41) is 3.94. The molecule has 0 saturated heterocycles. The second-order valence-corrected chi connectivity index (χ2v) is 5.07. The van der Waals surface area contributed by atoms with E-state index < -0.39 is 0 Å². The van der Waals surface area contributed by atoms with Gasteiger partial charge in [-0.1, -0.05) is 12.1 Å². The molecule has 0 radical (unpaired) electrons. The van der Waals surface area contributed by atoms with Crippen LogP contribution in [0.4, 0.5) is 0 Å². The molecule has 2 aromatic rings.